The van der Waals surface area contributed by atoms with Crippen LogP contribution in [0.1, 0.15) is 0 Å². The number of hydrogen-bond donors (Lipinski definition) is 0. The molecule has 0 heterocycles. The van der Waals surface area contributed by atoms with Gasteiger partial charge >= 0.3 is 0 Å². The minimum Gasteiger partial charge on any atom is 0 e. The Kier molecular flexibility index (Phi) is 217. The summed E-state index contributed by atoms with van der Waals surface area (Å²) in [5.74, 6) is 0. The van der Waals surface area contributed by atoms with Gasteiger partial charge < -0.3 is 0 Å². The summed E-state index contributed by atoms with van der Waals surface area (Å²) in [7, 11) is 0. The molecule has 0 unspecified atom stereocenters. The van der Waals surface area contributed by atoms with Crippen LogP contribution in [0.5, 0.6) is 0 Å². The summed E-state index contributed by atoms with van der Waals surface area (Å²) in [6.07, 6.45) is 0. The van der Waals surface area contributed by atoms with Crippen LogP contribution in [0.2, 0.25) is 0 Å². The van der Waals surface area contributed by atoms with Crippen molar-refractivity contribution < 1.29 is 17.1 Å². The van der Waals surface area contributed by atoms with Crippen molar-refractivity contribution >= 4 is 153 Å². The van der Waals surface area contributed by atoms with Crippen molar-refractivity contribution in [2.45, 2.75) is 0 Å². The van der Waals surface area contributed by atoms with Crippen LogP contribution < -0.4 is 0 Å². The first kappa shape index (κ1) is 41.7. The topological polar surface area (TPSA) is 0 Å². The van der Waals surface area contributed by atoms with Crippen LogP contribution in [-0.2, 0) is 17.1 Å². The Morgan fingerprint density at radius 2 is 1.00 bits per heavy atom. The minimum absolute atomic E-state index is 0. The smallest absolute Gasteiger partial charge is 0 e. The van der Waals surface area contributed by atoms with Crippen LogP contribution in [0.25, 0.3) is 0 Å². The van der Waals surface area contributed by atoms with Crippen molar-refractivity contribution in [3.63, 3.8) is 0 Å². The zero-order valence-corrected chi connectivity index (χ0v) is 17.7. The maximum absolute atomic E-state index is 0. The summed E-state index contributed by atoms with van der Waals surface area (Å²) in [5, 5.41) is 0. The van der Waals surface area contributed by atoms with Gasteiger partial charge in [0.15, 0.2) is 0 Å². The molecule has 0 bridgehead atoms. The maximum Gasteiger partial charge on any atom is 0 e. The van der Waals surface area contributed by atoms with Crippen molar-refractivity contribution in [2.75, 3.05) is 0 Å². The Labute approximate surface area is 165 Å². The summed E-state index contributed by atoms with van der Waals surface area (Å²) >= 11 is 0. The maximum atomic E-state index is 0. The van der Waals surface area contributed by atoms with Gasteiger partial charge in [-0.05, 0) is 0 Å². The second-order valence-corrected chi connectivity index (χ2v) is 0. The van der Waals surface area contributed by atoms with E-state index in [9.17, 15) is 0 Å². The second kappa shape index (κ2) is 31.2. The van der Waals surface area contributed by atoms with Gasteiger partial charge in [0.05, 0.1) is 0 Å². The zero-order chi connectivity index (χ0) is 0. The molecule has 0 aromatic heterocycles. The Morgan fingerprint density at radius 1 is 1.00 bits per heavy atom. The van der Waals surface area contributed by atoms with Crippen molar-refractivity contribution in [3.8, 4) is 0 Å². The average Bonchev–Trinajstić information content (AvgIpc) is 0. The van der Waals surface area contributed by atoms with Gasteiger partial charge in [-0.1, -0.05) is 0 Å². The molecule has 11 radical (unpaired) electrons. The third kappa shape index (κ3) is 22.7. The van der Waals surface area contributed by atoms with E-state index in [1.165, 1.54) is 0 Å². The van der Waals surface area contributed by atoms with Crippen LogP contribution in [0, 0.1) is 0 Å². The Hall–Kier alpha value is 5.56. The van der Waals surface area contributed by atoms with E-state index in [0.717, 1.165) is 0 Å². The standard InChI is InChI=1S/Bi.Cu.K.Li.Na.Pb. The molecule has 6 heavy (non-hydrogen) atoms. The molecule has 0 aliphatic rings. The Morgan fingerprint density at radius 3 is 1.00 bits per heavy atom. The minimum atomic E-state index is 0. The normalized spacial score (nSPS) is 0. The summed E-state index contributed by atoms with van der Waals surface area (Å²) in [6.45, 7) is 0. The fourth-order valence-electron chi connectivity index (χ4n) is 0. The van der Waals surface area contributed by atoms with E-state index in [4.69, 9.17) is 0 Å². The first-order valence-electron chi connectivity index (χ1n) is 0. The van der Waals surface area contributed by atoms with Crippen molar-refractivity contribution in [1.29, 1.82) is 0 Å². The van der Waals surface area contributed by atoms with Crippen LogP contribution in [0.3, 0.4) is 0 Å². The van der Waals surface area contributed by atoms with E-state index >= 15 is 0 Å². The van der Waals surface area contributed by atoms with E-state index in [1.807, 2.05) is 0 Å². The molecule has 0 aliphatic carbocycles. The quantitative estimate of drug-likeness (QED) is 0.310. The molecule has 0 aromatic rings. The fourth-order valence-corrected chi connectivity index (χ4v) is 0. The second-order valence-electron chi connectivity index (χ2n) is 0. The molecule has 0 rings (SSSR count). The Balaban J connectivity index is 0. The van der Waals surface area contributed by atoms with E-state index in [1.54, 1.807) is 0 Å². The molecule has 0 atom stereocenters. The zero-order valence-electron chi connectivity index (χ0n) is 4.25. The molecule has 0 spiro atoms. The SMILES string of the molecule is [Bi].[Cu].[K].[Li].[Na].[Pb]. The van der Waals surface area contributed by atoms with E-state index in [0.29, 0.717) is 0 Å². The predicted molar refractivity (Wildman–Crippen MR) is 28.8 cm³/mol. The molecular weight excluding hydrogens is 549 g/mol. The van der Waals surface area contributed by atoms with Crippen LogP contribution in [-0.4, -0.2) is 153 Å². The fraction of sp³-hybridized carbons (Fsp3) is 0. The molecule has 0 saturated carbocycles. The molecule has 6 heteroatoms. The van der Waals surface area contributed by atoms with E-state index in [2.05, 4.69) is 0 Å². The number of hydrogen-bond acceptors (Lipinski definition) is 0. The Bertz CT molecular complexity index is 15.5. The third-order valence-corrected chi connectivity index (χ3v) is 0. The van der Waals surface area contributed by atoms with Gasteiger partial charge in [-0.25, -0.2) is 0 Å². The molecule has 0 fully saturated rings. The molecule has 0 aromatic carbocycles. The molecule has 0 N–H and O–H groups in total. The van der Waals surface area contributed by atoms with E-state index < -0.39 is 0 Å². The summed E-state index contributed by atoms with van der Waals surface area (Å²) < 4.78 is 0. The van der Waals surface area contributed by atoms with Gasteiger partial charge in [0.1, 0.15) is 0 Å². The monoisotopic (exact) mass is 549 g/mol. The van der Waals surface area contributed by atoms with Crippen LogP contribution in [0.4, 0.5) is 0 Å². The van der Waals surface area contributed by atoms with Gasteiger partial charge in [-0.3, -0.25) is 0 Å². The molecule has 23 valence electrons. The molecular formula is BiCuKLiNaPb. The molecule has 0 nitrogen and oxygen atoms in total. The third-order valence-electron chi connectivity index (χ3n) is 0. The molecule has 0 saturated heterocycles. The summed E-state index contributed by atoms with van der Waals surface area (Å²) in [6, 6.07) is 0. The van der Waals surface area contributed by atoms with E-state index in [-0.39, 0.29) is 170 Å². The first-order chi connectivity index (χ1) is 0. The molecule has 0 amide bonds. The summed E-state index contributed by atoms with van der Waals surface area (Å²) in [4.78, 5) is 0. The van der Waals surface area contributed by atoms with Crippen LogP contribution >= 0.6 is 0 Å². The average molecular weight is 549 g/mol. The molecule has 0 aliphatic heterocycles. The van der Waals surface area contributed by atoms with Gasteiger partial charge in [0.2, 0.25) is 0 Å². The predicted octanol–water partition coefficient (Wildman–Crippen LogP) is -1.91. The largest absolute Gasteiger partial charge is 0 e. The van der Waals surface area contributed by atoms with Gasteiger partial charge in [-0.15, -0.1) is 0 Å². The first-order valence-corrected chi connectivity index (χ1v) is 0. The van der Waals surface area contributed by atoms with Gasteiger partial charge in [0.25, 0.3) is 0 Å². The summed E-state index contributed by atoms with van der Waals surface area (Å²) in [5.41, 5.74) is 0. The van der Waals surface area contributed by atoms with Crippen molar-refractivity contribution in [1.82, 2.24) is 0 Å². The van der Waals surface area contributed by atoms with Crippen molar-refractivity contribution in [2.24, 2.45) is 0 Å². The van der Waals surface area contributed by atoms with Crippen molar-refractivity contribution in [3.05, 3.63) is 0 Å². The van der Waals surface area contributed by atoms with Crippen LogP contribution in [0.15, 0.2) is 0 Å². The van der Waals surface area contributed by atoms with Gasteiger partial charge in [-0.2, -0.15) is 0 Å². The number of rotatable bonds is 0. The van der Waals surface area contributed by atoms with Gasteiger partial charge in [0, 0.05) is 170 Å².